The summed E-state index contributed by atoms with van der Waals surface area (Å²) in [6, 6.07) is 21.0. The van der Waals surface area contributed by atoms with Crippen LogP contribution < -0.4 is 10.6 Å². The monoisotopic (exact) mass is 440 g/mol. The Hall–Kier alpha value is -4.44. The first-order valence-corrected chi connectivity index (χ1v) is 10.4. The number of aromatic amines is 1. The summed E-state index contributed by atoms with van der Waals surface area (Å²) in [6.45, 7) is 0. The molecular weight excluding hydrogens is 419 g/mol. The van der Waals surface area contributed by atoms with Crippen molar-refractivity contribution in [3.63, 3.8) is 0 Å². The highest BCUT2D eigenvalue weighted by molar-refractivity contribution is 6.01. The third-order valence-corrected chi connectivity index (χ3v) is 5.33. The number of nitrogens with one attached hydrogen (secondary N) is 3. The number of carbonyl (C=O) groups excluding carboxylic acids is 2. The number of rotatable bonds is 7. The summed E-state index contributed by atoms with van der Waals surface area (Å²) in [5.74, 6) is -1.30. The van der Waals surface area contributed by atoms with Crippen LogP contribution in [0.3, 0.4) is 0 Å². The maximum absolute atomic E-state index is 13.2. The second-order valence-electron chi connectivity index (χ2n) is 7.62. The second-order valence-corrected chi connectivity index (χ2v) is 7.62. The fourth-order valence-corrected chi connectivity index (χ4v) is 3.60. The topological polar surface area (TPSA) is 97.8 Å². The van der Waals surface area contributed by atoms with Gasteiger partial charge in [0.05, 0.1) is 12.5 Å². The lowest BCUT2D eigenvalue weighted by molar-refractivity contribution is -0.118. The smallest absolute Gasteiger partial charge is 0.251 e. The van der Waals surface area contributed by atoms with Crippen LogP contribution in [-0.4, -0.2) is 22.8 Å². The number of halogens is 1. The van der Waals surface area contributed by atoms with E-state index in [4.69, 9.17) is 5.26 Å². The number of anilines is 1. The Morgan fingerprint density at radius 3 is 2.45 bits per heavy atom. The molecule has 0 spiro atoms. The van der Waals surface area contributed by atoms with E-state index in [2.05, 4.69) is 21.7 Å². The number of aromatic nitrogens is 1. The van der Waals surface area contributed by atoms with Crippen molar-refractivity contribution in [3.05, 3.63) is 102 Å². The van der Waals surface area contributed by atoms with Gasteiger partial charge in [-0.15, -0.1) is 0 Å². The molecule has 0 bridgehead atoms. The van der Waals surface area contributed by atoms with Crippen LogP contribution in [-0.2, 0) is 17.6 Å². The van der Waals surface area contributed by atoms with Crippen LogP contribution in [0.5, 0.6) is 0 Å². The van der Waals surface area contributed by atoms with Gasteiger partial charge < -0.3 is 15.6 Å². The Labute approximate surface area is 190 Å². The molecule has 4 aromatic rings. The standard InChI is InChI=1S/C26H21FN4O2/c27-20-9-7-18(8-10-20)25(32)31-24(15-19-16-29-23-4-2-1-3-22(19)23)26(33)30-21-11-5-17(6-12-21)13-14-28/h1-12,16,24,29H,13,15H2,(H,30,33)(H,31,32)/t24-/m1/s1. The van der Waals surface area contributed by atoms with Crippen molar-refractivity contribution >= 4 is 28.4 Å². The number of para-hydroxylation sites is 1. The van der Waals surface area contributed by atoms with Gasteiger partial charge >= 0.3 is 0 Å². The SMILES string of the molecule is N#CCc1ccc(NC(=O)[C@@H](Cc2c[nH]c3ccccc23)NC(=O)c2ccc(F)cc2)cc1. The summed E-state index contributed by atoms with van der Waals surface area (Å²) in [7, 11) is 0. The van der Waals surface area contributed by atoms with E-state index in [1.165, 1.54) is 24.3 Å². The Morgan fingerprint density at radius 2 is 1.73 bits per heavy atom. The number of hydrogen-bond acceptors (Lipinski definition) is 3. The average Bonchev–Trinajstić information content (AvgIpc) is 3.23. The van der Waals surface area contributed by atoms with Gasteiger partial charge in [0.2, 0.25) is 5.91 Å². The van der Waals surface area contributed by atoms with Crippen LogP contribution in [0.1, 0.15) is 21.5 Å². The number of nitrogens with zero attached hydrogens (tertiary/aromatic N) is 1. The predicted octanol–water partition coefficient (Wildman–Crippen LogP) is 4.35. The molecule has 0 aliphatic heterocycles. The Balaban J connectivity index is 1.56. The normalized spacial score (nSPS) is 11.5. The summed E-state index contributed by atoms with van der Waals surface area (Å²) in [4.78, 5) is 29.1. The zero-order chi connectivity index (χ0) is 23.2. The molecule has 4 rings (SSSR count). The van der Waals surface area contributed by atoms with Crippen LogP contribution in [0.25, 0.3) is 10.9 Å². The molecule has 33 heavy (non-hydrogen) atoms. The number of amides is 2. The van der Waals surface area contributed by atoms with Gasteiger partial charge in [0, 0.05) is 34.8 Å². The van der Waals surface area contributed by atoms with E-state index in [-0.39, 0.29) is 24.3 Å². The third kappa shape index (κ3) is 5.25. The van der Waals surface area contributed by atoms with Gasteiger partial charge in [0.1, 0.15) is 11.9 Å². The van der Waals surface area contributed by atoms with Crippen LogP contribution >= 0.6 is 0 Å². The van der Waals surface area contributed by atoms with Gasteiger partial charge in [-0.2, -0.15) is 5.26 Å². The maximum atomic E-state index is 13.2. The van der Waals surface area contributed by atoms with Crippen molar-refractivity contribution in [3.8, 4) is 6.07 Å². The number of nitriles is 1. The number of hydrogen-bond donors (Lipinski definition) is 3. The zero-order valence-electron chi connectivity index (χ0n) is 17.6. The largest absolute Gasteiger partial charge is 0.361 e. The zero-order valence-corrected chi connectivity index (χ0v) is 17.6. The molecule has 164 valence electrons. The van der Waals surface area contributed by atoms with E-state index in [0.717, 1.165) is 22.0 Å². The molecule has 0 saturated carbocycles. The van der Waals surface area contributed by atoms with Gasteiger partial charge in [0.15, 0.2) is 0 Å². The maximum Gasteiger partial charge on any atom is 0.251 e. The van der Waals surface area contributed by atoms with Gasteiger partial charge in [-0.1, -0.05) is 30.3 Å². The molecular formula is C26H21FN4O2. The molecule has 0 saturated heterocycles. The van der Waals surface area contributed by atoms with E-state index in [1.807, 2.05) is 30.5 Å². The molecule has 1 aromatic heterocycles. The lowest BCUT2D eigenvalue weighted by Gasteiger charge is -2.19. The van der Waals surface area contributed by atoms with Crippen molar-refractivity contribution in [2.45, 2.75) is 18.9 Å². The Morgan fingerprint density at radius 1 is 1.00 bits per heavy atom. The molecule has 0 radical (unpaired) electrons. The van der Waals surface area contributed by atoms with Crippen LogP contribution in [0.2, 0.25) is 0 Å². The lowest BCUT2D eigenvalue weighted by Crippen LogP contribution is -2.45. The summed E-state index contributed by atoms with van der Waals surface area (Å²) < 4.78 is 13.2. The van der Waals surface area contributed by atoms with Crippen LogP contribution in [0, 0.1) is 17.1 Å². The fraction of sp³-hybridized carbons (Fsp3) is 0.115. The fourth-order valence-electron chi connectivity index (χ4n) is 3.60. The average molecular weight is 440 g/mol. The second kappa shape index (κ2) is 9.79. The highest BCUT2D eigenvalue weighted by Crippen LogP contribution is 2.20. The van der Waals surface area contributed by atoms with Gasteiger partial charge in [-0.05, 0) is 53.6 Å². The highest BCUT2D eigenvalue weighted by atomic mass is 19.1. The van der Waals surface area contributed by atoms with E-state index in [0.29, 0.717) is 5.69 Å². The molecule has 1 heterocycles. The van der Waals surface area contributed by atoms with E-state index in [9.17, 15) is 14.0 Å². The molecule has 7 heteroatoms. The van der Waals surface area contributed by atoms with Crippen molar-refractivity contribution in [2.24, 2.45) is 0 Å². The van der Waals surface area contributed by atoms with Gasteiger partial charge in [0.25, 0.3) is 5.91 Å². The molecule has 2 amide bonds. The minimum absolute atomic E-state index is 0.258. The third-order valence-electron chi connectivity index (χ3n) is 5.33. The van der Waals surface area contributed by atoms with Crippen molar-refractivity contribution in [1.82, 2.24) is 10.3 Å². The number of carbonyl (C=O) groups is 2. The minimum Gasteiger partial charge on any atom is -0.361 e. The van der Waals surface area contributed by atoms with Crippen molar-refractivity contribution in [1.29, 1.82) is 5.26 Å². The molecule has 6 nitrogen and oxygen atoms in total. The molecule has 3 N–H and O–H groups in total. The first-order chi connectivity index (χ1) is 16.0. The summed E-state index contributed by atoms with van der Waals surface area (Å²) in [5.41, 5.74) is 3.48. The highest BCUT2D eigenvalue weighted by Gasteiger charge is 2.23. The van der Waals surface area contributed by atoms with Crippen molar-refractivity contribution in [2.75, 3.05) is 5.32 Å². The van der Waals surface area contributed by atoms with Gasteiger partial charge in [-0.3, -0.25) is 9.59 Å². The molecule has 0 unspecified atom stereocenters. The minimum atomic E-state index is -0.874. The Kier molecular flexibility index (Phi) is 6.46. The molecule has 0 fully saturated rings. The number of H-pyrrole nitrogens is 1. The van der Waals surface area contributed by atoms with Crippen LogP contribution in [0.4, 0.5) is 10.1 Å². The molecule has 0 aliphatic carbocycles. The predicted molar refractivity (Wildman–Crippen MR) is 124 cm³/mol. The quantitative estimate of drug-likeness (QED) is 0.398. The lowest BCUT2D eigenvalue weighted by atomic mass is 10.0. The molecule has 0 aliphatic rings. The summed E-state index contributed by atoms with van der Waals surface area (Å²) in [5, 5.41) is 15.4. The van der Waals surface area contributed by atoms with Gasteiger partial charge in [-0.25, -0.2) is 4.39 Å². The van der Waals surface area contributed by atoms with E-state index >= 15 is 0 Å². The van der Waals surface area contributed by atoms with E-state index in [1.54, 1.807) is 24.3 Å². The Bertz CT molecular complexity index is 1320. The first-order valence-electron chi connectivity index (χ1n) is 10.4. The summed E-state index contributed by atoms with van der Waals surface area (Å²) >= 11 is 0. The molecule has 1 atom stereocenters. The van der Waals surface area contributed by atoms with Crippen LogP contribution in [0.15, 0.2) is 79.0 Å². The first kappa shape index (κ1) is 21.8. The molecule has 3 aromatic carbocycles. The number of fused-ring (bicyclic) bond motifs is 1. The number of benzene rings is 3. The van der Waals surface area contributed by atoms with E-state index < -0.39 is 17.8 Å². The summed E-state index contributed by atoms with van der Waals surface area (Å²) in [6.07, 6.45) is 2.37. The van der Waals surface area contributed by atoms with Crippen molar-refractivity contribution < 1.29 is 14.0 Å².